The van der Waals surface area contributed by atoms with Crippen LogP contribution in [-0.4, -0.2) is 53.6 Å². The molecule has 0 bridgehead atoms. The second-order valence-electron chi connectivity index (χ2n) is 6.38. The summed E-state index contributed by atoms with van der Waals surface area (Å²) in [5.41, 5.74) is 0.743. The second-order valence-corrected chi connectivity index (χ2v) is 8.39. The van der Waals surface area contributed by atoms with E-state index in [-0.39, 0.29) is 4.90 Å². The first kappa shape index (κ1) is 17.1. The normalized spacial score (nSPS) is 20.3. The molecule has 1 aliphatic rings. The summed E-state index contributed by atoms with van der Waals surface area (Å²) in [6, 6.07) is 8.78. The van der Waals surface area contributed by atoms with E-state index in [1.165, 1.54) is 6.26 Å². The Bertz CT molecular complexity index is 757. The van der Waals surface area contributed by atoms with Gasteiger partial charge in [-0.25, -0.2) is 8.42 Å². The fourth-order valence-electron chi connectivity index (χ4n) is 3.23. The van der Waals surface area contributed by atoms with E-state index in [0.29, 0.717) is 12.6 Å². The van der Waals surface area contributed by atoms with Gasteiger partial charge < -0.3 is 5.11 Å². The van der Waals surface area contributed by atoms with Crippen LogP contribution in [0.3, 0.4) is 0 Å². The third kappa shape index (κ3) is 4.03. The van der Waals surface area contributed by atoms with Gasteiger partial charge in [0.05, 0.1) is 17.5 Å². The van der Waals surface area contributed by atoms with Crippen LogP contribution in [-0.2, 0) is 16.4 Å². The van der Waals surface area contributed by atoms with Gasteiger partial charge in [-0.05, 0) is 43.1 Å². The summed E-state index contributed by atoms with van der Waals surface area (Å²) in [4.78, 5) is 2.56. The van der Waals surface area contributed by atoms with Crippen molar-refractivity contribution in [1.29, 1.82) is 0 Å². The molecule has 1 aromatic heterocycles. The highest BCUT2D eigenvalue weighted by Crippen LogP contribution is 2.24. The van der Waals surface area contributed by atoms with Crippen LogP contribution in [0.2, 0.25) is 0 Å². The van der Waals surface area contributed by atoms with Crippen molar-refractivity contribution < 1.29 is 13.5 Å². The van der Waals surface area contributed by atoms with E-state index in [9.17, 15) is 13.5 Å². The van der Waals surface area contributed by atoms with Crippen LogP contribution in [0.4, 0.5) is 0 Å². The molecule has 0 saturated carbocycles. The van der Waals surface area contributed by atoms with Gasteiger partial charge in [-0.2, -0.15) is 5.10 Å². The quantitative estimate of drug-likeness (QED) is 0.855. The third-order valence-electron chi connectivity index (χ3n) is 4.56. The van der Waals surface area contributed by atoms with Crippen molar-refractivity contribution in [2.45, 2.75) is 36.4 Å². The molecule has 0 amide bonds. The maximum absolute atomic E-state index is 11.5. The minimum absolute atomic E-state index is 0.274. The number of aromatic nitrogens is 2. The monoisotopic (exact) mass is 349 g/mol. The number of β-amino-alcohol motifs (C(OH)–C–C–N with tert-alkyl or cyclic N) is 1. The van der Waals surface area contributed by atoms with Gasteiger partial charge in [0.15, 0.2) is 9.84 Å². The highest BCUT2D eigenvalue weighted by Gasteiger charge is 2.27. The predicted molar refractivity (Wildman–Crippen MR) is 91.3 cm³/mol. The molecule has 1 saturated heterocycles. The van der Waals surface area contributed by atoms with Gasteiger partial charge in [-0.1, -0.05) is 12.1 Å². The minimum Gasteiger partial charge on any atom is -0.387 e. The van der Waals surface area contributed by atoms with Crippen LogP contribution in [0.1, 0.15) is 24.5 Å². The molecule has 3 rings (SSSR count). The predicted octanol–water partition coefficient (Wildman–Crippen LogP) is 1.48. The van der Waals surface area contributed by atoms with Crippen molar-refractivity contribution in [3.05, 3.63) is 48.3 Å². The lowest BCUT2D eigenvalue weighted by Gasteiger charge is -2.27. The molecule has 6 nitrogen and oxygen atoms in total. The van der Waals surface area contributed by atoms with E-state index in [4.69, 9.17) is 0 Å². The number of aliphatic hydroxyl groups excluding tert-OH is 1. The molecule has 1 N–H and O–H groups in total. The Balaban J connectivity index is 1.64. The number of nitrogens with zero attached hydrogens (tertiary/aromatic N) is 3. The van der Waals surface area contributed by atoms with Gasteiger partial charge in [-0.3, -0.25) is 9.58 Å². The van der Waals surface area contributed by atoms with Crippen LogP contribution in [0.25, 0.3) is 0 Å². The van der Waals surface area contributed by atoms with Gasteiger partial charge in [0, 0.05) is 31.2 Å². The summed E-state index contributed by atoms with van der Waals surface area (Å²) in [5.74, 6) is 0. The molecule has 24 heavy (non-hydrogen) atoms. The van der Waals surface area contributed by atoms with E-state index in [1.54, 1.807) is 30.5 Å². The van der Waals surface area contributed by atoms with E-state index in [2.05, 4.69) is 10.00 Å². The van der Waals surface area contributed by atoms with Crippen molar-refractivity contribution in [2.75, 3.05) is 19.3 Å². The summed E-state index contributed by atoms with van der Waals surface area (Å²) in [7, 11) is -3.21. The zero-order valence-electron chi connectivity index (χ0n) is 13.7. The Kier molecular flexibility index (Phi) is 5.03. The highest BCUT2D eigenvalue weighted by atomic mass is 32.2. The first-order valence-electron chi connectivity index (χ1n) is 8.13. The molecule has 1 aromatic carbocycles. The zero-order valence-corrected chi connectivity index (χ0v) is 14.6. The molecule has 0 unspecified atom stereocenters. The lowest BCUT2D eigenvalue weighted by Crippen LogP contribution is -2.36. The van der Waals surface area contributed by atoms with Crippen LogP contribution in [0, 0.1) is 0 Å². The molecule has 130 valence electrons. The smallest absolute Gasteiger partial charge is 0.175 e. The molecular formula is C17H23N3O3S. The Morgan fingerprint density at radius 1 is 1.33 bits per heavy atom. The lowest BCUT2D eigenvalue weighted by molar-refractivity contribution is 0.100. The largest absolute Gasteiger partial charge is 0.387 e. The molecule has 1 aliphatic heterocycles. The molecule has 7 heteroatoms. The Morgan fingerprint density at radius 2 is 2.08 bits per heavy atom. The van der Waals surface area contributed by atoms with Crippen molar-refractivity contribution in [3.8, 4) is 0 Å². The fraction of sp³-hybridized carbons (Fsp3) is 0.471. The molecule has 2 heterocycles. The standard InChI is InChI=1S/C17H23N3O3S/c1-24(22,23)16-7-5-14(6-8-16)17(21)13-19-10-2-4-15(19)12-20-11-3-9-18-20/h3,5-9,11,15,17,21H,2,4,10,12-13H2,1H3/t15-,17-/m1/s1. The minimum atomic E-state index is -3.21. The third-order valence-corrected chi connectivity index (χ3v) is 5.69. The number of benzene rings is 1. The summed E-state index contributed by atoms with van der Waals surface area (Å²) >= 11 is 0. The molecule has 1 fully saturated rings. The first-order valence-corrected chi connectivity index (χ1v) is 10.0. The van der Waals surface area contributed by atoms with Crippen molar-refractivity contribution >= 4 is 9.84 Å². The Morgan fingerprint density at radius 3 is 2.71 bits per heavy atom. The number of rotatable bonds is 6. The van der Waals surface area contributed by atoms with E-state index in [1.807, 2.05) is 16.9 Å². The average Bonchev–Trinajstić information content (AvgIpc) is 3.20. The number of likely N-dealkylation sites (tertiary alicyclic amines) is 1. The number of sulfone groups is 1. The van der Waals surface area contributed by atoms with E-state index >= 15 is 0 Å². The molecule has 2 atom stereocenters. The fourth-order valence-corrected chi connectivity index (χ4v) is 3.86. The topological polar surface area (TPSA) is 75.4 Å². The Labute approximate surface area is 142 Å². The van der Waals surface area contributed by atoms with Gasteiger partial charge in [0.2, 0.25) is 0 Å². The van der Waals surface area contributed by atoms with Gasteiger partial charge >= 0.3 is 0 Å². The lowest BCUT2D eigenvalue weighted by atomic mass is 10.1. The molecule has 2 aromatic rings. The van der Waals surface area contributed by atoms with Gasteiger partial charge in [-0.15, -0.1) is 0 Å². The molecular weight excluding hydrogens is 326 g/mol. The summed E-state index contributed by atoms with van der Waals surface area (Å²) < 4.78 is 24.9. The van der Waals surface area contributed by atoms with Crippen LogP contribution >= 0.6 is 0 Å². The number of hydrogen-bond acceptors (Lipinski definition) is 5. The SMILES string of the molecule is CS(=O)(=O)c1ccc([C@H](O)CN2CCC[C@@H]2Cn2cccn2)cc1. The van der Waals surface area contributed by atoms with Crippen molar-refractivity contribution in [1.82, 2.24) is 14.7 Å². The van der Waals surface area contributed by atoms with Crippen molar-refractivity contribution in [3.63, 3.8) is 0 Å². The molecule has 0 aliphatic carbocycles. The Hall–Kier alpha value is -1.70. The van der Waals surface area contributed by atoms with Crippen LogP contribution in [0.15, 0.2) is 47.6 Å². The summed E-state index contributed by atoms with van der Waals surface area (Å²) in [5, 5.41) is 14.8. The van der Waals surface area contributed by atoms with Gasteiger partial charge in [0.25, 0.3) is 0 Å². The maximum Gasteiger partial charge on any atom is 0.175 e. The number of aliphatic hydroxyl groups is 1. The summed E-state index contributed by atoms with van der Waals surface area (Å²) in [6.45, 7) is 2.33. The average molecular weight is 349 g/mol. The molecule has 0 radical (unpaired) electrons. The van der Waals surface area contributed by atoms with E-state index < -0.39 is 15.9 Å². The first-order chi connectivity index (χ1) is 11.4. The molecule has 0 spiro atoms. The van der Waals surface area contributed by atoms with Gasteiger partial charge in [0.1, 0.15) is 0 Å². The van der Waals surface area contributed by atoms with Crippen LogP contribution < -0.4 is 0 Å². The van der Waals surface area contributed by atoms with E-state index in [0.717, 1.165) is 31.5 Å². The maximum atomic E-state index is 11.5. The van der Waals surface area contributed by atoms with Crippen molar-refractivity contribution in [2.24, 2.45) is 0 Å². The zero-order chi connectivity index (χ0) is 17.2. The highest BCUT2D eigenvalue weighted by molar-refractivity contribution is 7.90. The number of hydrogen-bond donors (Lipinski definition) is 1. The summed E-state index contributed by atoms with van der Waals surface area (Å²) in [6.07, 6.45) is 6.50. The second kappa shape index (κ2) is 7.04. The van der Waals surface area contributed by atoms with Crippen LogP contribution in [0.5, 0.6) is 0 Å².